The summed E-state index contributed by atoms with van der Waals surface area (Å²) >= 11 is 6.27. The molecule has 0 bridgehead atoms. The van der Waals surface area contributed by atoms with Crippen LogP contribution in [0.1, 0.15) is 25.5 Å². The predicted molar refractivity (Wildman–Crippen MR) is 86.5 cm³/mol. The lowest BCUT2D eigenvalue weighted by atomic mass is 10.1. The second kappa shape index (κ2) is 7.25. The molecule has 1 aromatic rings. The van der Waals surface area contributed by atoms with Crippen LogP contribution in [0.5, 0.6) is 0 Å². The molecule has 2 rings (SSSR count). The number of piperazine rings is 1. The molecule has 1 aliphatic rings. The van der Waals surface area contributed by atoms with Gasteiger partial charge in [-0.15, -0.1) is 0 Å². The Balaban J connectivity index is 2.05. The van der Waals surface area contributed by atoms with E-state index in [1.807, 2.05) is 43.1 Å². The number of rotatable bonds is 4. The minimum absolute atomic E-state index is 0.0977. The highest BCUT2D eigenvalue weighted by Gasteiger charge is 2.28. The van der Waals surface area contributed by atoms with Crippen molar-refractivity contribution in [3.63, 3.8) is 0 Å². The SMILES string of the molecule is CC(C(=O)N1CCNCC1)N(C)C(C)c1ccccc1Cl. The van der Waals surface area contributed by atoms with Crippen LogP contribution in [0.2, 0.25) is 5.02 Å². The Morgan fingerprint density at radius 2 is 1.90 bits per heavy atom. The van der Waals surface area contributed by atoms with Gasteiger partial charge in [0.1, 0.15) is 0 Å². The molecule has 0 spiro atoms. The Labute approximate surface area is 132 Å². The number of carbonyl (C=O) groups excluding carboxylic acids is 1. The molecule has 2 unspecified atom stereocenters. The van der Waals surface area contributed by atoms with E-state index < -0.39 is 0 Å². The molecule has 0 aliphatic carbocycles. The van der Waals surface area contributed by atoms with Crippen LogP contribution in [0.3, 0.4) is 0 Å². The van der Waals surface area contributed by atoms with Crippen LogP contribution in [0.25, 0.3) is 0 Å². The van der Waals surface area contributed by atoms with E-state index in [4.69, 9.17) is 11.6 Å². The van der Waals surface area contributed by atoms with Gasteiger partial charge >= 0.3 is 0 Å². The number of benzene rings is 1. The standard InChI is InChI=1S/C16H24ClN3O/c1-12(14-6-4-5-7-15(14)17)19(3)13(2)16(21)20-10-8-18-9-11-20/h4-7,12-13,18H,8-11H2,1-3H3. The van der Waals surface area contributed by atoms with Crippen LogP contribution in [-0.2, 0) is 4.79 Å². The number of hydrogen-bond acceptors (Lipinski definition) is 3. The number of halogens is 1. The zero-order chi connectivity index (χ0) is 15.4. The van der Waals surface area contributed by atoms with E-state index in [2.05, 4.69) is 17.1 Å². The van der Waals surface area contributed by atoms with Crippen molar-refractivity contribution in [1.29, 1.82) is 0 Å². The van der Waals surface area contributed by atoms with Crippen molar-refractivity contribution in [1.82, 2.24) is 15.1 Å². The molecule has 1 N–H and O–H groups in total. The molecule has 5 heteroatoms. The first kappa shape index (κ1) is 16.3. The molecule has 4 nitrogen and oxygen atoms in total. The van der Waals surface area contributed by atoms with Gasteiger partial charge in [0, 0.05) is 37.2 Å². The first-order chi connectivity index (χ1) is 10.0. The summed E-state index contributed by atoms with van der Waals surface area (Å²) in [5.74, 6) is 0.193. The van der Waals surface area contributed by atoms with Crippen molar-refractivity contribution in [2.75, 3.05) is 33.2 Å². The Kier molecular flexibility index (Phi) is 5.62. The first-order valence-electron chi connectivity index (χ1n) is 7.48. The third-order valence-corrected chi connectivity index (χ3v) is 4.71. The van der Waals surface area contributed by atoms with Crippen molar-refractivity contribution >= 4 is 17.5 Å². The van der Waals surface area contributed by atoms with Crippen molar-refractivity contribution in [2.24, 2.45) is 0 Å². The molecule has 1 aromatic carbocycles. The maximum absolute atomic E-state index is 12.6. The van der Waals surface area contributed by atoms with Crippen LogP contribution >= 0.6 is 11.6 Å². The average molecular weight is 310 g/mol. The number of hydrogen-bond donors (Lipinski definition) is 1. The largest absolute Gasteiger partial charge is 0.339 e. The fraction of sp³-hybridized carbons (Fsp3) is 0.562. The quantitative estimate of drug-likeness (QED) is 0.926. The van der Waals surface area contributed by atoms with E-state index in [0.717, 1.165) is 36.8 Å². The molecule has 0 aromatic heterocycles. The van der Waals surface area contributed by atoms with E-state index in [9.17, 15) is 4.79 Å². The highest BCUT2D eigenvalue weighted by molar-refractivity contribution is 6.31. The minimum atomic E-state index is -0.158. The van der Waals surface area contributed by atoms with Crippen LogP contribution in [0.4, 0.5) is 0 Å². The Morgan fingerprint density at radius 3 is 2.52 bits per heavy atom. The number of likely N-dealkylation sites (N-methyl/N-ethyl adjacent to an activating group) is 1. The summed E-state index contributed by atoms with van der Waals surface area (Å²) in [6, 6.07) is 7.76. The van der Waals surface area contributed by atoms with Gasteiger partial charge in [0.05, 0.1) is 6.04 Å². The van der Waals surface area contributed by atoms with Crippen LogP contribution in [0.15, 0.2) is 24.3 Å². The second-order valence-corrected chi connectivity index (χ2v) is 6.02. The lowest BCUT2D eigenvalue weighted by molar-refractivity contribution is -0.137. The maximum Gasteiger partial charge on any atom is 0.239 e. The lowest BCUT2D eigenvalue weighted by Crippen LogP contribution is -2.52. The van der Waals surface area contributed by atoms with Gasteiger partial charge in [0.2, 0.25) is 5.91 Å². The number of nitrogens with zero attached hydrogens (tertiary/aromatic N) is 2. The molecular formula is C16H24ClN3O. The average Bonchev–Trinajstić information content (AvgIpc) is 2.53. The van der Waals surface area contributed by atoms with Gasteiger partial charge in [-0.25, -0.2) is 0 Å². The van der Waals surface area contributed by atoms with Gasteiger partial charge in [-0.1, -0.05) is 29.8 Å². The fourth-order valence-electron chi connectivity index (χ4n) is 2.69. The lowest BCUT2D eigenvalue weighted by Gasteiger charge is -2.35. The van der Waals surface area contributed by atoms with E-state index >= 15 is 0 Å². The normalized spacial score (nSPS) is 18.6. The van der Waals surface area contributed by atoms with Crippen molar-refractivity contribution in [3.8, 4) is 0 Å². The molecular weight excluding hydrogens is 286 g/mol. The first-order valence-corrected chi connectivity index (χ1v) is 7.86. The summed E-state index contributed by atoms with van der Waals surface area (Å²) in [5, 5.41) is 4.02. The third-order valence-electron chi connectivity index (χ3n) is 4.36. The van der Waals surface area contributed by atoms with Gasteiger partial charge in [0.15, 0.2) is 0 Å². The monoisotopic (exact) mass is 309 g/mol. The molecule has 21 heavy (non-hydrogen) atoms. The van der Waals surface area contributed by atoms with Crippen LogP contribution in [-0.4, -0.2) is 55.0 Å². The van der Waals surface area contributed by atoms with E-state index in [-0.39, 0.29) is 18.0 Å². The van der Waals surface area contributed by atoms with Gasteiger partial charge in [-0.05, 0) is 32.5 Å². The Morgan fingerprint density at radius 1 is 1.29 bits per heavy atom. The molecule has 0 saturated carbocycles. The van der Waals surface area contributed by atoms with Gasteiger partial charge in [-0.3, -0.25) is 9.69 Å². The molecule has 2 atom stereocenters. The van der Waals surface area contributed by atoms with Gasteiger partial charge < -0.3 is 10.2 Å². The smallest absolute Gasteiger partial charge is 0.239 e. The van der Waals surface area contributed by atoms with Gasteiger partial charge in [0.25, 0.3) is 0 Å². The summed E-state index contributed by atoms with van der Waals surface area (Å²) < 4.78 is 0. The summed E-state index contributed by atoms with van der Waals surface area (Å²) in [6.07, 6.45) is 0. The number of amides is 1. The van der Waals surface area contributed by atoms with Crippen LogP contribution in [0, 0.1) is 0 Å². The van der Waals surface area contributed by atoms with Crippen molar-refractivity contribution in [3.05, 3.63) is 34.9 Å². The molecule has 1 aliphatic heterocycles. The highest BCUT2D eigenvalue weighted by Crippen LogP contribution is 2.27. The molecule has 116 valence electrons. The number of carbonyl (C=O) groups is 1. The summed E-state index contributed by atoms with van der Waals surface area (Å²) in [7, 11) is 1.98. The van der Waals surface area contributed by atoms with Gasteiger partial charge in [-0.2, -0.15) is 0 Å². The Hall–Kier alpha value is -1.10. The summed E-state index contributed by atoms with van der Waals surface area (Å²) in [6.45, 7) is 7.39. The molecule has 1 heterocycles. The maximum atomic E-state index is 12.6. The van der Waals surface area contributed by atoms with Crippen LogP contribution < -0.4 is 5.32 Å². The summed E-state index contributed by atoms with van der Waals surface area (Å²) in [5.41, 5.74) is 1.06. The van der Waals surface area contributed by atoms with E-state index in [0.29, 0.717) is 0 Å². The zero-order valence-electron chi connectivity index (χ0n) is 13.0. The fourth-order valence-corrected chi connectivity index (χ4v) is 2.99. The highest BCUT2D eigenvalue weighted by atomic mass is 35.5. The molecule has 1 fully saturated rings. The summed E-state index contributed by atoms with van der Waals surface area (Å²) in [4.78, 5) is 16.6. The molecule has 0 radical (unpaired) electrons. The second-order valence-electron chi connectivity index (χ2n) is 5.61. The van der Waals surface area contributed by atoms with Crippen molar-refractivity contribution in [2.45, 2.75) is 25.9 Å². The molecule has 1 amide bonds. The number of nitrogens with one attached hydrogen (secondary N) is 1. The predicted octanol–water partition coefficient (Wildman–Crippen LogP) is 2.15. The molecule has 1 saturated heterocycles. The van der Waals surface area contributed by atoms with E-state index in [1.54, 1.807) is 0 Å². The zero-order valence-corrected chi connectivity index (χ0v) is 13.7. The minimum Gasteiger partial charge on any atom is -0.339 e. The van der Waals surface area contributed by atoms with Crippen molar-refractivity contribution < 1.29 is 4.79 Å². The van der Waals surface area contributed by atoms with E-state index in [1.165, 1.54) is 0 Å². The third kappa shape index (κ3) is 3.76. The Bertz CT molecular complexity index is 488. The topological polar surface area (TPSA) is 35.6 Å².